The SMILES string of the molecule is COc1c(CC(C)C(=O)O)cccc1C(C)C. The Morgan fingerprint density at radius 1 is 1.35 bits per heavy atom. The van der Waals surface area contributed by atoms with Crippen molar-refractivity contribution in [1.29, 1.82) is 0 Å². The Balaban J connectivity index is 3.07. The fraction of sp³-hybridized carbons (Fsp3) is 0.500. The van der Waals surface area contributed by atoms with Gasteiger partial charge in [0.15, 0.2) is 0 Å². The van der Waals surface area contributed by atoms with E-state index in [-0.39, 0.29) is 0 Å². The Labute approximate surface area is 102 Å². The predicted molar refractivity (Wildman–Crippen MR) is 67.6 cm³/mol. The summed E-state index contributed by atoms with van der Waals surface area (Å²) in [6.45, 7) is 5.91. The van der Waals surface area contributed by atoms with Crippen LogP contribution >= 0.6 is 0 Å². The van der Waals surface area contributed by atoms with Gasteiger partial charge in [-0.25, -0.2) is 0 Å². The summed E-state index contributed by atoms with van der Waals surface area (Å²) in [5.74, 6) is 0.0222. The summed E-state index contributed by atoms with van der Waals surface area (Å²) in [4.78, 5) is 10.9. The molecule has 0 aliphatic rings. The molecule has 1 unspecified atom stereocenters. The molecule has 1 rings (SSSR count). The quantitative estimate of drug-likeness (QED) is 0.854. The van der Waals surface area contributed by atoms with Crippen LogP contribution in [0.2, 0.25) is 0 Å². The van der Waals surface area contributed by atoms with E-state index in [1.54, 1.807) is 14.0 Å². The second-order valence-electron chi connectivity index (χ2n) is 4.64. The molecule has 17 heavy (non-hydrogen) atoms. The monoisotopic (exact) mass is 236 g/mol. The number of ether oxygens (including phenoxy) is 1. The van der Waals surface area contributed by atoms with Crippen molar-refractivity contribution in [3.63, 3.8) is 0 Å². The fourth-order valence-electron chi connectivity index (χ4n) is 1.89. The topological polar surface area (TPSA) is 46.5 Å². The highest BCUT2D eigenvalue weighted by molar-refractivity contribution is 5.70. The number of hydrogen-bond donors (Lipinski definition) is 1. The van der Waals surface area contributed by atoms with E-state index in [2.05, 4.69) is 13.8 Å². The summed E-state index contributed by atoms with van der Waals surface area (Å²) in [7, 11) is 1.64. The highest BCUT2D eigenvalue weighted by Crippen LogP contribution is 2.31. The van der Waals surface area contributed by atoms with Crippen molar-refractivity contribution < 1.29 is 14.6 Å². The normalized spacial score (nSPS) is 12.5. The molecule has 3 nitrogen and oxygen atoms in total. The highest BCUT2D eigenvalue weighted by atomic mass is 16.5. The molecular weight excluding hydrogens is 216 g/mol. The van der Waals surface area contributed by atoms with Crippen molar-refractivity contribution in [3.05, 3.63) is 29.3 Å². The lowest BCUT2D eigenvalue weighted by Gasteiger charge is -2.17. The minimum absolute atomic E-state index is 0.366. The van der Waals surface area contributed by atoms with Crippen molar-refractivity contribution in [2.24, 2.45) is 5.92 Å². The van der Waals surface area contributed by atoms with Crippen LogP contribution < -0.4 is 4.74 Å². The number of benzene rings is 1. The third-order valence-electron chi connectivity index (χ3n) is 2.90. The van der Waals surface area contributed by atoms with Crippen LogP contribution in [0.4, 0.5) is 0 Å². The van der Waals surface area contributed by atoms with Crippen LogP contribution in [0.3, 0.4) is 0 Å². The first-order chi connectivity index (χ1) is 7.97. The van der Waals surface area contributed by atoms with Crippen LogP contribution in [-0.2, 0) is 11.2 Å². The van der Waals surface area contributed by atoms with Gasteiger partial charge in [-0.2, -0.15) is 0 Å². The summed E-state index contributed by atoms with van der Waals surface area (Å²) in [6, 6.07) is 5.92. The van der Waals surface area contributed by atoms with E-state index in [0.717, 1.165) is 16.9 Å². The van der Waals surface area contributed by atoms with E-state index < -0.39 is 11.9 Å². The first-order valence-corrected chi connectivity index (χ1v) is 5.86. The number of carboxylic acids is 1. The zero-order valence-corrected chi connectivity index (χ0v) is 10.9. The highest BCUT2D eigenvalue weighted by Gasteiger charge is 2.17. The molecule has 94 valence electrons. The molecule has 0 heterocycles. The molecule has 0 bridgehead atoms. The van der Waals surface area contributed by atoms with Gasteiger partial charge in [0.25, 0.3) is 0 Å². The average molecular weight is 236 g/mol. The lowest BCUT2D eigenvalue weighted by atomic mass is 9.94. The zero-order chi connectivity index (χ0) is 13.0. The van der Waals surface area contributed by atoms with E-state index in [1.165, 1.54) is 0 Å². The number of methoxy groups -OCH3 is 1. The first kappa shape index (κ1) is 13.6. The van der Waals surface area contributed by atoms with Gasteiger partial charge in [0, 0.05) is 0 Å². The van der Waals surface area contributed by atoms with Gasteiger partial charge in [-0.05, 0) is 23.5 Å². The largest absolute Gasteiger partial charge is 0.496 e. The second-order valence-corrected chi connectivity index (χ2v) is 4.64. The van der Waals surface area contributed by atoms with E-state index in [4.69, 9.17) is 9.84 Å². The molecule has 0 aromatic heterocycles. The fourth-order valence-corrected chi connectivity index (χ4v) is 1.89. The van der Waals surface area contributed by atoms with Gasteiger partial charge < -0.3 is 9.84 Å². The molecule has 0 aliphatic heterocycles. The van der Waals surface area contributed by atoms with Crippen molar-refractivity contribution in [2.75, 3.05) is 7.11 Å². The summed E-state index contributed by atoms with van der Waals surface area (Å²) in [6.07, 6.45) is 0.499. The Bertz CT molecular complexity index is 396. The predicted octanol–water partition coefficient (Wildman–Crippen LogP) is 3.08. The molecule has 3 heteroatoms. The van der Waals surface area contributed by atoms with Crippen molar-refractivity contribution in [3.8, 4) is 5.75 Å². The van der Waals surface area contributed by atoms with Gasteiger partial charge in [0.2, 0.25) is 0 Å². The molecule has 1 aromatic carbocycles. The first-order valence-electron chi connectivity index (χ1n) is 5.86. The lowest BCUT2D eigenvalue weighted by Crippen LogP contribution is -2.13. The second kappa shape index (κ2) is 5.71. The summed E-state index contributed by atoms with van der Waals surface area (Å²) < 4.78 is 5.43. The van der Waals surface area contributed by atoms with Gasteiger partial charge >= 0.3 is 5.97 Å². The molecule has 1 aromatic rings. The molecule has 0 radical (unpaired) electrons. The molecular formula is C14H20O3. The zero-order valence-electron chi connectivity index (χ0n) is 10.9. The van der Waals surface area contributed by atoms with Gasteiger partial charge in [-0.3, -0.25) is 4.79 Å². The standard InChI is InChI=1S/C14H20O3/c1-9(2)12-7-5-6-11(13(12)17-4)8-10(3)14(15)16/h5-7,9-10H,8H2,1-4H3,(H,15,16). The number of aliphatic carboxylic acids is 1. The molecule has 1 atom stereocenters. The summed E-state index contributed by atoms with van der Waals surface area (Å²) in [5, 5.41) is 8.94. The minimum Gasteiger partial charge on any atom is -0.496 e. The summed E-state index contributed by atoms with van der Waals surface area (Å²) in [5.41, 5.74) is 2.09. The molecule has 0 saturated heterocycles. The average Bonchev–Trinajstić information content (AvgIpc) is 2.28. The maximum absolute atomic E-state index is 10.9. The maximum atomic E-state index is 10.9. The minimum atomic E-state index is -0.776. The van der Waals surface area contributed by atoms with Gasteiger partial charge in [0.1, 0.15) is 5.75 Å². The van der Waals surface area contributed by atoms with Gasteiger partial charge in [0.05, 0.1) is 13.0 Å². The molecule has 0 saturated carbocycles. The molecule has 1 N–H and O–H groups in total. The third-order valence-corrected chi connectivity index (χ3v) is 2.90. The Kier molecular flexibility index (Phi) is 4.55. The van der Waals surface area contributed by atoms with Crippen molar-refractivity contribution >= 4 is 5.97 Å². The molecule has 0 fully saturated rings. The molecule has 0 aliphatic carbocycles. The van der Waals surface area contributed by atoms with Crippen LogP contribution in [0.25, 0.3) is 0 Å². The van der Waals surface area contributed by atoms with E-state index >= 15 is 0 Å². The van der Waals surface area contributed by atoms with Crippen LogP contribution in [0.5, 0.6) is 5.75 Å². The van der Waals surface area contributed by atoms with Crippen LogP contribution in [0.1, 0.15) is 37.8 Å². The van der Waals surface area contributed by atoms with Gasteiger partial charge in [-0.15, -0.1) is 0 Å². The van der Waals surface area contributed by atoms with E-state index in [9.17, 15) is 4.79 Å². The van der Waals surface area contributed by atoms with Gasteiger partial charge in [-0.1, -0.05) is 39.0 Å². The Morgan fingerprint density at radius 3 is 2.47 bits per heavy atom. The lowest BCUT2D eigenvalue weighted by molar-refractivity contribution is -0.141. The molecule has 0 spiro atoms. The number of carbonyl (C=O) groups is 1. The van der Waals surface area contributed by atoms with Crippen LogP contribution in [0, 0.1) is 5.92 Å². The van der Waals surface area contributed by atoms with E-state index in [0.29, 0.717) is 12.3 Å². The number of hydrogen-bond acceptors (Lipinski definition) is 2. The summed E-state index contributed by atoms with van der Waals surface area (Å²) >= 11 is 0. The van der Waals surface area contributed by atoms with Crippen LogP contribution in [-0.4, -0.2) is 18.2 Å². The Morgan fingerprint density at radius 2 is 2.00 bits per heavy atom. The number of para-hydroxylation sites is 1. The number of rotatable bonds is 5. The maximum Gasteiger partial charge on any atom is 0.306 e. The third kappa shape index (κ3) is 3.22. The van der Waals surface area contributed by atoms with E-state index in [1.807, 2.05) is 18.2 Å². The van der Waals surface area contributed by atoms with Crippen molar-refractivity contribution in [2.45, 2.75) is 33.1 Å². The van der Waals surface area contributed by atoms with Crippen molar-refractivity contribution in [1.82, 2.24) is 0 Å². The Hall–Kier alpha value is -1.51. The van der Waals surface area contributed by atoms with Crippen LogP contribution in [0.15, 0.2) is 18.2 Å². The molecule has 0 amide bonds. The smallest absolute Gasteiger partial charge is 0.306 e. The number of carboxylic acid groups (broad SMARTS) is 1.